The van der Waals surface area contributed by atoms with E-state index in [4.69, 9.17) is 11.6 Å². The molecule has 1 aromatic rings. The highest BCUT2D eigenvalue weighted by molar-refractivity contribution is 7.99. The summed E-state index contributed by atoms with van der Waals surface area (Å²) in [6.45, 7) is 0.739. The maximum absolute atomic E-state index is 12.4. The molecule has 1 saturated carbocycles. The number of benzene rings is 1. The van der Waals surface area contributed by atoms with Gasteiger partial charge in [0, 0.05) is 23.4 Å². The number of nitrogens with zero attached hydrogens (tertiary/aromatic N) is 1. The second kappa shape index (κ2) is 7.41. The minimum Gasteiger partial charge on any atom is -0.354 e. The second-order valence-corrected chi connectivity index (χ2v) is 7.33. The Morgan fingerprint density at radius 3 is 2.74 bits per heavy atom. The monoisotopic (exact) mass is 350 g/mol. The van der Waals surface area contributed by atoms with Gasteiger partial charge < -0.3 is 10.2 Å². The van der Waals surface area contributed by atoms with E-state index >= 15 is 0 Å². The van der Waals surface area contributed by atoms with Gasteiger partial charge in [0.25, 0.3) is 0 Å². The van der Waals surface area contributed by atoms with Crippen LogP contribution in [0.25, 0.3) is 6.08 Å². The molecule has 0 bridgehead atoms. The average molecular weight is 351 g/mol. The van der Waals surface area contributed by atoms with Gasteiger partial charge in [-0.2, -0.15) is 0 Å². The van der Waals surface area contributed by atoms with Gasteiger partial charge in [0.15, 0.2) is 0 Å². The van der Waals surface area contributed by atoms with Crippen LogP contribution in [0.4, 0.5) is 0 Å². The van der Waals surface area contributed by atoms with Gasteiger partial charge >= 0.3 is 0 Å². The molecule has 2 aliphatic rings. The third-order valence-electron chi connectivity index (χ3n) is 4.02. The quantitative estimate of drug-likeness (QED) is 0.831. The fourth-order valence-electron chi connectivity index (χ4n) is 2.40. The molecule has 2 amide bonds. The van der Waals surface area contributed by atoms with Crippen LogP contribution in [0.3, 0.4) is 0 Å². The fourth-order valence-corrected chi connectivity index (χ4v) is 3.69. The molecule has 4 nitrogen and oxygen atoms in total. The molecule has 122 valence electrons. The summed E-state index contributed by atoms with van der Waals surface area (Å²) in [6, 6.07) is 6.91. The van der Waals surface area contributed by atoms with Crippen molar-refractivity contribution in [2.75, 3.05) is 18.2 Å². The summed E-state index contributed by atoms with van der Waals surface area (Å²) in [4.78, 5) is 26.3. The maximum atomic E-state index is 12.4. The molecular weight excluding hydrogens is 332 g/mol. The molecule has 1 aromatic carbocycles. The van der Waals surface area contributed by atoms with Crippen LogP contribution in [-0.4, -0.2) is 40.9 Å². The molecule has 1 N–H and O–H groups in total. The molecule has 23 heavy (non-hydrogen) atoms. The number of rotatable bonds is 5. The van der Waals surface area contributed by atoms with E-state index in [1.165, 1.54) is 18.9 Å². The lowest BCUT2D eigenvalue weighted by Gasteiger charge is -2.21. The zero-order chi connectivity index (χ0) is 16.2. The molecule has 2 fully saturated rings. The van der Waals surface area contributed by atoms with Crippen molar-refractivity contribution in [2.24, 2.45) is 5.92 Å². The number of carbonyl (C=O) groups is 2. The van der Waals surface area contributed by atoms with E-state index < -0.39 is 0 Å². The molecule has 0 radical (unpaired) electrons. The van der Waals surface area contributed by atoms with Crippen molar-refractivity contribution in [2.45, 2.75) is 18.9 Å². The molecule has 1 unspecified atom stereocenters. The van der Waals surface area contributed by atoms with Crippen LogP contribution < -0.4 is 5.32 Å². The summed E-state index contributed by atoms with van der Waals surface area (Å²) in [5.41, 5.74) is 0.907. The Balaban J connectivity index is 1.58. The first-order valence-electron chi connectivity index (χ1n) is 7.73. The predicted molar refractivity (Wildman–Crippen MR) is 94.2 cm³/mol. The van der Waals surface area contributed by atoms with Gasteiger partial charge in [-0.05, 0) is 42.5 Å². The highest BCUT2D eigenvalue weighted by Crippen LogP contribution is 2.28. The zero-order valence-electron chi connectivity index (χ0n) is 12.7. The molecule has 0 spiro atoms. The van der Waals surface area contributed by atoms with E-state index in [-0.39, 0.29) is 17.9 Å². The Morgan fingerprint density at radius 2 is 2.04 bits per heavy atom. The van der Waals surface area contributed by atoms with Crippen LogP contribution >= 0.6 is 23.4 Å². The Hall–Kier alpha value is -1.46. The first-order chi connectivity index (χ1) is 11.1. The summed E-state index contributed by atoms with van der Waals surface area (Å²) in [6.07, 6.45) is 5.68. The molecular formula is C17H19ClN2O2S. The molecule has 1 atom stereocenters. The highest BCUT2D eigenvalue weighted by atomic mass is 35.5. The Kier molecular flexibility index (Phi) is 5.28. The van der Waals surface area contributed by atoms with Crippen LogP contribution in [0, 0.1) is 5.92 Å². The van der Waals surface area contributed by atoms with Crippen LogP contribution in [-0.2, 0) is 9.59 Å². The predicted octanol–water partition coefficient (Wildman–Crippen LogP) is 2.78. The van der Waals surface area contributed by atoms with Crippen molar-refractivity contribution >= 4 is 41.3 Å². The zero-order valence-corrected chi connectivity index (χ0v) is 14.3. The SMILES string of the molecule is O=C(NCC1CC1)C1CSCN1C(=O)C=Cc1ccc(Cl)cc1. The van der Waals surface area contributed by atoms with Crippen LogP contribution in [0.15, 0.2) is 30.3 Å². The van der Waals surface area contributed by atoms with Gasteiger partial charge in [-0.1, -0.05) is 23.7 Å². The van der Waals surface area contributed by atoms with E-state index in [9.17, 15) is 9.59 Å². The van der Waals surface area contributed by atoms with Crippen molar-refractivity contribution in [3.8, 4) is 0 Å². The van der Waals surface area contributed by atoms with Crippen molar-refractivity contribution in [3.63, 3.8) is 0 Å². The van der Waals surface area contributed by atoms with E-state index in [1.807, 2.05) is 12.1 Å². The number of thioether (sulfide) groups is 1. The van der Waals surface area contributed by atoms with Crippen molar-refractivity contribution in [3.05, 3.63) is 40.9 Å². The van der Waals surface area contributed by atoms with E-state index in [1.54, 1.807) is 34.9 Å². The molecule has 0 aromatic heterocycles. The third-order valence-corrected chi connectivity index (χ3v) is 5.28. The molecule has 6 heteroatoms. The number of amides is 2. The summed E-state index contributed by atoms with van der Waals surface area (Å²) >= 11 is 7.46. The maximum Gasteiger partial charge on any atom is 0.247 e. The third kappa shape index (κ3) is 4.52. The lowest BCUT2D eigenvalue weighted by molar-refractivity contribution is -0.134. The van der Waals surface area contributed by atoms with Crippen LogP contribution in [0.2, 0.25) is 5.02 Å². The lowest BCUT2D eigenvalue weighted by Crippen LogP contribution is -2.47. The van der Waals surface area contributed by atoms with Crippen LogP contribution in [0.1, 0.15) is 18.4 Å². The Bertz CT molecular complexity index is 614. The minimum atomic E-state index is -0.360. The number of nitrogens with one attached hydrogen (secondary N) is 1. The topological polar surface area (TPSA) is 49.4 Å². The summed E-state index contributed by atoms with van der Waals surface area (Å²) < 4.78 is 0. The average Bonchev–Trinajstić information content (AvgIpc) is 3.25. The van der Waals surface area contributed by atoms with Crippen molar-refractivity contribution in [1.82, 2.24) is 10.2 Å². The van der Waals surface area contributed by atoms with Gasteiger partial charge in [-0.3, -0.25) is 9.59 Å². The first-order valence-corrected chi connectivity index (χ1v) is 9.26. The van der Waals surface area contributed by atoms with Gasteiger partial charge in [0.1, 0.15) is 6.04 Å². The van der Waals surface area contributed by atoms with Crippen LogP contribution in [0.5, 0.6) is 0 Å². The highest BCUT2D eigenvalue weighted by Gasteiger charge is 2.34. The van der Waals surface area contributed by atoms with Gasteiger partial charge in [-0.15, -0.1) is 11.8 Å². The lowest BCUT2D eigenvalue weighted by atomic mass is 10.2. The van der Waals surface area contributed by atoms with Gasteiger partial charge in [0.05, 0.1) is 5.88 Å². The van der Waals surface area contributed by atoms with Crippen molar-refractivity contribution in [1.29, 1.82) is 0 Å². The van der Waals surface area contributed by atoms with Gasteiger partial charge in [-0.25, -0.2) is 0 Å². The van der Waals surface area contributed by atoms with Gasteiger partial charge in [0.2, 0.25) is 11.8 Å². The molecule has 3 rings (SSSR count). The Labute approximate surface area is 145 Å². The fraction of sp³-hybridized carbons (Fsp3) is 0.412. The summed E-state index contributed by atoms with van der Waals surface area (Å²) in [7, 11) is 0. The summed E-state index contributed by atoms with van der Waals surface area (Å²) in [5.74, 6) is 1.70. The number of carbonyl (C=O) groups excluding carboxylic acids is 2. The second-order valence-electron chi connectivity index (χ2n) is 5.90. The van der Waals surface area contributed by atoms with E-state index in [0.29, 0.717) is 22.6 Å². The number of hydrogen-bond donors (Lipinski definition) is 1. The Morgan fingerprint density at radius 1 is 1.30 bits per heavy atom. The smallest absolute Gasteiger partial charge is 0.247 e. The van der Waals surface area contributed by atoms with Crippen molar-refractivity contribution < 1.29 is 9.59 Å². The number of halogens is 1. The minimum absolute atomic E-state index is 0.0323. The molecule has 1 saturated heterocycles. The standard InChI is InChI=1S/C17H19ClN2O2S/c18-14-6-3-12(4-7-14)5-8-16(21)20-11-23-10-15(20)17(22)19-9-13-1-2-13/h3-8,13,15H,1-2,9-11H2,(H,19,22). The largest absolute Gasteiger partial charge is 0.354 e. The normalized spacial score (nSPS) is 20.9. The molecule has 1 aliphatic carbocycles. The molecule has 1 aliphatic heterocycles. The molecule has 1 heterocycles. The summed E-state index contributed by atoms with van der Waals surface area (Å²) in [5, 5.41) is 3.63. The van der Waals surface area contributed by atoms with E-state index in [0.717, 1.165) is 12.1 Å². The number of hydrogen-bond acceptors (Lipinski definition) is 3. The first kappa shape index (κ1) is 16.4. The van der Waals surface area contributed by atoms with E-state index in [2.05, 4.69) is 5.32 Å².